The predicted octanol–water partition coefficient (Wildman–Crippen LogP) is 1.63. The Morgan fingerprint density at radius 3 is 2.81 bits per heavy atom. The minimum atomic E-state index is -3.33. The largest absolute Gasteiger partial charge is 0.380 e. The van der Waals surface area contributed by atoms with Crippen molar-refractivity contribution in [2.75, 3.05) is 57.2 Å². The standard InChI is InChI=1S/C21H28N6O3S/c1-30-16-3-2-8-27(14-16)31(28,29)15-25-9-11-26(12-10-25)19-5-7-22-18-13-24-21-17(20(18)19)4-6-23-21/h4-7,13,16H,2-3,8-12,14-15H2,1H3,(H,23,24). The maximum absolute atomic E-state index is 13.0. The van der Waals surface area contributed by atoms with E-state index in [1.54, 1.807) is 17.6 Å². The fourth-order valence-corrected chi connectivity index (χ4v) is 6.36. The van der Waals surface area contributed by atoms with Gasteiger partial charge in [-0.1, -0.05) is 0 Å². The lowest BCUT2D eigenvalue weighted by Gasteiger charge is -2.38. The van der Waals surface area contributed by atoms with E-state index in [-0.39, 0.29) is 12.0 Å². The van der Waals surface area contributed by atoms with Crippen molar-refractivity contribution in [3.63, 3.8) is 0 Å². The van der Waals surface area contributed by atoms with Crippen LogP contribution in [0.5, 0.6) is 0 Å². The highest BCUT2D eigenvalue weighted by Crippen LogP contribution is 2.31. The van der Waals surface area contributed by atoms with Crippen molar-refractivity contribution in [1.82, 2.24) is 24.2 Å². The number of rotatable bonds is 5. The Morgan fingerprint density at radius 2 is 2.00 bits per heavy atom. The molecule has 1 N–H and O–H groups in total. The molecule has 9 nitrogen and oxygen atoms in total. The van der Waals surface area contributed by atoms with Crippen LogP contribution in [0.25, 0.3) is 21.9 Å². The minimum absolute atomic E-state index is 0.0000936. The van der Waals surface area contributed by atoms with E-state index in [1.165, 1.54) is 0 Å². The van der Waals surface area contributed by atoms with Gasteiger partial charge in [0.05, 0.1) is 17.8 Å². The molecule has 166 valence electrons. The molecule has 3 aromatic heterocycles. The fourth-order valence-electron chi connectivity index (χ4n) is 4.68. The van der Waals surface area contributed by atoms with Crippen LogP contribution in [0.3, 0.4) is 0 Å². The predicted molar refractivity (Wildman–Crippen MR) is 121 cm³/mol. The van der Waals surface area contributed by atoms with Crippen LogP contribution in [0.15, 0.2) is 30.7 Å². The van der Waals surface area contributed by atoms with Gasteiger partial charge in [-0.25, -0.2) is 13.4 Å². The van der Waals surface area contributed by atoms with Crippen molar-refractivity contribution in [3.8, 4) is 0 Å². The van der Waals surface area contributed by atoms with Gasteiger partial charge in [0.1, 0.15) is 11.5 Å². The SMILES string of the molecule is COC1CCCN(S(=O)(=O)CN2CCN(c3ccnc4cnc5[nH]ccc5c34)CC2)C1. The summed E-state index contributed by atoms with van der Waals surface area (Å²) in [5.41, 5.74) is 2.84. The van der Waals surface area contributed by atoms with Crippen molar-refractivity contribution in [1.29, 1.82) is 0 Å². The molecule has 5 rings (SSSR count). The molecule has 31 heavy (non-hydrogen) atoms. The normalized spacial score (nSPS) is 21.8. The van der Waals surface area contributed by atoms with E-state index < -0.39 is 10.0 Å². The highest BCUT2D eigenvalue weighted by Gasteiger charge is 2.31. The van der Waals surface area contributed by atoms with E-state index in [0.717, 1.165) is 53.6 Å². The zero-order valence-electron chi connectivity index (χ0n) is 17.7. The van der Waals surface area contributed by atoms with Crippen LogP contribution < -0.4 is 4.90 Å². The van der Waals surface area contributed by atoms with Crippen LogP contribution >= 0.6 is 0 Å². The molecular weight excluding hydrogens is 416 g/mol. The molecular formula is C21H28N6O3S. The molecule has 0 radical (unpaired) electrons. The molecule has 3 aromatic rings. The number of aromatic amines is 1. The number of piperazine rings is 1. The maximum atomic E-state index is 13.0. The third-order valence-electron chi connectivity index (χ3n) is 6.40. The maximum Gasteiger partial charge on any atom is 0.227 e. The Bertz CT molecular complexity index is 1170. The van der Waals surface area contributed by atoms with Crippen LogP contribution in [-0.4, -0.2) is 90.9 Å². The zero-order valence-corrected chi connectivity index (χ0v) is 18.5. The monoisotopic (exact) mass is 444 g/mol. The molecule has 2 aliphatic heterocycles. The van der Waals surface area contributed by atoms with Crippen LogP contribution in [0.2, 0.25) is 0 Å². The number of fused-ring (bicyclic) bond motifs is 3. The number of anilines is 1. The summed E-state index contributed by atoms with van der Waals surface area (Å²) in [6, 6.07) is 4.07. The second-order valence-electron chi connectivity index (χ2n) is 8.29. The Hall–Kier alpha value is -2.27. The van der Waals surface area contributed by atoms with Gasteiger partial charge in [-0.05, 0) is 25.0 Å². The molecule has 0 spiro atoms. The van der Waals surface area contributed by atoms with Crippen LogP contribution in [0, 0.1) is 0 Å². The van der Waals surface area contributed by atoms with Crippen molar-refractivity contribution in [3.05, 3.63) is 30.7 Å². The quantitative estimate of drug-likeness (QED) is 0.639. The van der Waals surface area contributed by atoms with E-state index in [0.29, 0.717) is 26.2 Å². The van der Waals surface area contributed by atoms with Crippen LogP contribution in [0.4, 0.5) is 5.69 Å². The van der Waals surface area contributed by atoms with Crippen molar-refractivity contribution < 1.29 is 13.2 Å². The molecule has 0 bridgehead atoms. The number of H-pyrrole nitrogens is 1. The second-order valence-corrected chi connectivity index (χ2v) is 10.2. The van der Waals surface area contributed by atoms with Gasteiger partial charge in [0.25, 0.3) is 0 Å². The number of piperidine rings is 1. The first-order valence-electron chi connectivity index (χ1n) is 10.7. The lowest BCUT2D eigenvalue weighted by Crippen LogP contribution is -2.51. The molecule has 0 aliphatic carbocycles. The molecule has 2 fully saturated rings. The highest BCUT2D eigenvalue weighted by molar-refractivity contribution is 7.89. The van der Waals surface area contributed by atoms with E-state index in [1.807, 2.05) is 29.4 Å². The third kappa shape index (κ3) is 4.00. The summed E-state index contributed by atoms with van der Waals surface area (Å²) < 4.78 is 32.9. The number of aromatic nitrogens is 3. The Kier molecular flexibility index (Phi) is 5.55. The smallest absolute Gasteiger partial charge is 0.227 e. The van der Waals surface area contributed by atoms with Crippen molar-refractivity contribution >= 4 is 37.6 Å². The summed E-state index contributed by atoms with van der Waals surface area (Å²) in [7, 11) is -1.67. The lowest BCUT2D eigenvalue weighted by atomic mass is 10.1. The number of nitrogens with zero attached hydrogens (tertiary/aromatic N) is 5. The molecule has 2 aliphatic rings. The van der Waals surface area contributed by atoms with Gasteiger partial charge in [-0.15, -0.1) is 0 Å². The topological polar surface area (TPSA) is 94.7 Å². The number of pyridine rings is 2. The molecule has 0 amide bonds. The first-order chi connectivity index (χ1) is 15.0. The van der Waals surface area contributed by atoms with Gasteiger partial charge in [0.15, 0.2) is 0 Å². The Morgan fingerprint density at radius 1 is 1.16 bits per heavy atom. The summed E-state index contributed by atoms with van der Waals surface area (Å²) in [4.78, 5) is 16.5. The fraction of sp³-hybridized carbons (Fsp3) is 0.524. The molecule has 10 heteroatoms. The number of methoxy groups -OCH3 is 1. The number of nitrogens with one attached hydrogen (secondary N) is 1. The first-order valence-corrected chi connectivity index (χ1v) is 12.3. The highest BCUT2D eigenvalue weighted by atomic mass is 32.2. The van der Waals surface area contributed by atoms with Gasteiger partial charge in [0, 0.05) is 75.2 Å². The zero-order chi connectivity index (χ0) is 21.4. The Labute approximate surface area is 182 Å². The number of ether oxygens (including phenoxy) is 1. The molecule has 1 atom stereocenters. The van der Waals surface area contributed by atoms with E-state index in [2.05, 4.69) is 19.9 Å². The van der Waals surface area contributed by atoms with Crippen LogP contribution in [-0.2, 0) is 14.8 Å². The molecule has 0 saturated carbocycles. The van der Waals surface area contributed by atoms with Gasteiger partial charge >= 0.3 is 0 Å². The van der Waals surface area contributed by atoms with Gasteiger partial charge < -0.3 is 14.6 Å². The van der Waals surface area contributed by atoms with Crippen molar-refractivity contribution in [2.24, 2.45) is 0 Å². The third-order valence-corrected chi connectivity index (χ3v) is 8.20. The molecule has 2 saturated heterocycles. The number of hydrogen-bond acceptors (Lipinski definition) is 7. The summed E-state index contributed by atoms with van der Waals surface area (Å²) in [5, 5.41) is 2.15. The lowest BCUT2D eigenvalue weighted by molar-refractivity contribution is 0.0567. The molecule has 1 unspecified atom stereocenters. The van der Waals surface area contributed by atoms with Gasteiger partial charge in [-0.3, -0.25) is 9.88 Å². The first kappa shape index (κ1) is 20.6. The number of sulfonamides is 1. The van der Waals surface area contributed by atoms with Crippen molar-refractivity contribution in [2.45, 2.75) is 18.9 Å². The average Bonchev–Trinajstić information content (AvgIpc) is 3.28. The average molecular weight is 445 g/mol. The summed E-state index contributed by atoms with van der Waals surface area (Å²) in [6.07, 6.45) is 7.28. The summed E-state index contributed by atoms with van der Waals surface area (Å²) >= 11 is 0. The van der Waals surface area contributed by atoms with Gasteiger partial charge in [0.2, 0.25) is 10.0 Å². The van der Waals surface area contributed by atoms with E-state index in [9.17, 15) is 8.42 Å². The second kappa shape index (κ2) is 8.34. The van der Waals surface area contributed by atoms with E-state index >= 15 is 0 Å². The van der Waals surface area contributed by atoms with Gasteiger partial charge in [-0.2, -0.15) is 4.31 Å². The summed E-state index contributed by atoms with van der Waals surface area (Å²) in [6.45, 7) is 3.99. The molecule has 0 aromatic carbocycles. The van der Waals surface area contributed by atoms with Crippen LogP contribution in [0.1, 0.15) is 12.8 Å². The summed E-state index contributed by atoms with van der Waals surface area (Å²) in [5.74, 6) is 0.0698. The number of hydrogen-bond donors (Lipinski definition) is 1. The van der Waals surface area contributed by atoms with E-state index in [4.69, 9.17) is 4.74 Å². The molecule has 5 heterocycles. The Balaban J connectivity index is 1.29. The minimum Gasteiger partial charge on any atom is -0.380 e.